The van der Waals surface area contributed by atoms with Crippen molar-refractivity contribution in [1.82, 2.24) is 0 Å². The minimum absolute atomic E-state index is 0.307. The third kappa shape index (κ3) is 7.18. The van der Waals surface area contributed by atoms with Gasteiger partial charge in [-0.05, 0) is 42.2 Å². The number of benzene rings is 1. The zero-order valence-corrected chi connectivity index (χ0v) is 17.4. The van der Waals surface area contributed by atoms with Crippen LogP contribution in [0.4, 0.5) is 17.6 Å². The van der Waals surface area contributed by atoms with Crippen LogP contribution in [0.1, 0.15) is 84.0 Å². The van der Waals surface area contributed by atoms with E-state index in [-0.39, 0.29) is 12.2 Å². The van der Waals surface area contributed by atoms with Crippen molar-refractivity contribution in [2.24, 2.45) is 23.7 Å². The highest BCUT2D eigenvalue weighted by Crippen LogP contribution is 2.39. The highest BCUT2D eigenvalue weighted by atomic mass is 19.3. The summed E-state index contributed by atoms with van der Waals surface area (Å²) in [5.74, 6) is 0.261. The van der Waals surface area contributed by atoms with E-state index >= 15 is 0 Å². The maximum Gasteiger partial charge on any atom is 0.397 e. The molecular weight excluding hydrogens is 380 g/mol. The van der Waals surface area contributed by atoms with Crippen LogP contribution in [0.2, 0.25) is 0 Å². The van der Waals surface area contributed by atoms with E-state index in [4.69, 9.17) is 0 Å². The average molecular weight is 415 g/mol. The molecule has 1 nitrogen and oxygen atoms in total. The summed E-state index contributed by atoms with van der Waals surface area (Å²) in [4.78, 5) is 0. The normalized spacial score (nSPS) is 28.3. The van der Waals surface area contributed by atoms with Crippen LogP contribution in [0.5, 0.6) is 5.75 Å². The molecule has 0 saturated heterocycles. The van der Waals surface area contributed by atoms with E-state index in [0.29, 0.717) is 18.4 Å². The molecule has 5 heteroatoms. The lowest BCUT2D eigenvalue weighted by atomic mass is 9.75. The van der Waals surface area contributed by atoms with E-state index in [1.54, 1.807) is 0 Å². The largest absolute Gasteiger partial charge is 0.432 e. The lowest BCUT2D eigenvalue weighted by Crippen LogP contribution is -2.26. The molecule has 0 amide bonds. The molecule has 0 radical (unpaired) electrons. The Bertz CT molecular complexity index is 632. The van der Waals surface area contributed by atoms with Crippen molar-refractivity contribution in [3.63, 3.8) is 0 Å². The topological polar surface area (TPSA) is 9.23 Å². The van der Waals surface area contributed by atoms with Gasteiger partial charge < -0.3 is 4.74 Å². The second-order valence-corrected chi connectivity index (χ2v) is 9.44. The first kappa shape index (κ1) is 22.4. The average Bonchev–Trinajstić information content (AvgIpc) is 2.69. The van der Waals surface area contributed by atoms with Gasteiger partial charge in [0, 0.05) is 6.07 Å². The molecule has 29 heavy (non-hydrogen) atoms. The Morgan fingerprint density at radius 1 is 0.793 bits per heavy atom. The summed E-state index contributed by atoms with van der Waals surface area (Å²) in [6, 6.07) is 2.50. The minimum Gasteiger partial charge on any atom is -0.432 e. The molecule has 164 valence electrons. The first-order chi connectivity index (χ1) is 13.8. The lowest BCUT2D eigenvalue weighted by molar-refractivity contribution is -0.183. The summed E-state index contributed by atoms with van der Waals surface area (Å²) in [5.41, 5.74) is 0. The summed E-state index contributed by atoms with van der Waals surface area (Å²) in [6.07, 6.45) is 9.09. The van der Waals surface area contributed by atoms with Gasteiger partial charge in [-0.2, -0.15) is 8.78 Å². The van der Waals surface area contributed by atoms with E-state index < -0.39 is 17.7 Å². The number of halogens is 4. The maximum absolute atomic E-state index is 14.1. The fourth-order valence-corrected chi connectivity index (χ4v) is 5.03. The van der Waals surface area contributed by atoms with Gasteiger partial charge >= 0.3 is 6.11 Å². The van der Waals surface area contributed by atoms with Gasteiger partial charge in [-0.1, -0.05) is 71.1 Å². The molecule has 0 heterocycles. The quantitative estimate of drug-likeness (QED) is 0.390. The van der Waals surface area contributed by atoms with Crippen molar-refractivity contribution >= 4 is 0 Å². The van der Waals surface area contributed by atoms with Gasteiger partial charge in [0.2, 0.25) is 0 Å². The predicted molar refractivity (Wildman–Crippen MR) is 107 cm³/mol. The summed E-state index contributed by atoms with van der Waals surface area (Å²) >= 11 is 0. The summed E-state index contributed by atoms with van der Waals surface area (Å²) < 4.78 is 58.9. The molecule has 2 aliphatic carbocycles. The molecule has 0 spiro atoms. The molecule has 2 fully saturated rings. The number of ether oxygens (including phenoxy) is 1. The van der Waals surface area contributed by atoms with Crippen LogP contribution >= 0.6 is 0 Å². The van der Waals surface area contributed by atoms with Crippen molar-refractivity contribution in [2.45, 2.75) is 90.1 Å². The van der Waals surface area contributed by atoms with Gasteiger partial charge in [0.1, 0.15) is 5.75 Å². The fourth-order valence-electron chi connectivity index (χ4n) is 5.03. The molecule has 2 aliphatic rings. The zero-order chi connectivity index (χ0) is 20.9. The monoisotopic (exact) mass is 414 g/mol. The second kappa shape index (κ2) is 10.2. The van der Waals surface area contributed by atoms with Gasteiger partial charge in [-0.3, -0.25) is 0 Å². The van der Waals surface area contributed by atoms with Crippen molar-refractivity contribution < 1.29 is 22.3 Å². The smallest absolute Gasteiger partial charge is 0.397 e. The summed E-state index contributed by atoms with van der Waals surface area (Å²) in [5, 5.41) is 0. The molecule has 2 saturated carbocycles. The molecular formula is C24H34F4O. The molecule has 0 bridgehead atoms. The van der Waals surface area contributed by atoms with Crippen LogP contribution < -0.4 is 4.74 Å². The summed E-state index contributed by atoms with van der Waals surface area (Å²) in [6.45, 7) is 2.35. The standard InChI is InChI=1S/C24H34F4O/c1-17-2-4-18(5-3-17)6-7-19-8-10-20(11-9-19)14-15-24(27,28)29-21-12-13-22(25)23(26)16-21/h12-13,16-20H,2-11,14-15H2,1H3. The minimum atomic E-state index is -3.36. The van der Waals surface area contributed by atoms with Crippen LogP contribution in [0, 0.1) is 35.3 Å². The Labute approximate surface area is 172 Å². The van der Waals surface area contributed by atoms with E-state index in [0.717, 1.165) is 55.6 Å². The number of hydrogen-bond acceptors (Lipinski definition) is 1. The van der Waals surface area contributed by atoms with Crippen molar-refractivity contribution in [1.29, 1.82) is 0 Å². The number of rotatable bonds is 8. The zero-order valence-electron chi connectivity index (χ0n) is 17.4. The van der Waals surface area contributed by atoms with Gasteiger partial charge in [-0.25, -0.2) is 8.78 Å². The van der Waals surface area contributed by atoms with Gasteiger partial charge in [0.15, 0.2) is 11.6 Å². The third-order valence-electron chi connectivity index (χ3n) is 7.09. The SMILES string of the molecule is CC1CCC(CCC2CCC(CCC(F)(F)Oc3ccc(F)c(F)c3)CC2)CC1. The molecule has 0 unspecified atom stereocenters. The predicted octanol–water partition coefficient (Wildman–Crippen LogP) is 8.13. The van der Waals surface area contributed by atoms with Gasteiger partial charge in [-0.15, -0.1) is 0 Å². The fraction of sp³-hybridized carbons (Fsp3) is 0.750. The second-order valence-electron chi connectivity index (χ2n) is 9.44. The number of alkyl halides is 2. The molecule has 1 aromatic carbocycles. The Morgan fingerprint density at radius 3 is 1.86 bits per heavy atom. The Balaban J connectivity index is 1.34. The molecule has 0 aromatic heterocycles. The van der Waals surface area contributed by atoms with Crippen molar-refractivity contribution in [3.05, 3.63) is 29.8 Å². The first-order valence-corrected chi connectivity index (χ1v) is 11.3. The third-order valence-corrected chi connectivity index (χ3v) is 7.09. The highest BCUT2D eigenvalue weighted by Gasteiger charge is 2.33. The van der Waals surface area contributed by atoms with Crippen LogP contribution in [0.25, 0.3) is 0 Å². The Hall–Kier alpha value is -1.26. The van der Waals surface area contributed by atoms with Crippen molar-refractivity contribution in [3.8, 4) is 5.75 Å². The van der Waals surface area contributed by atoms with Gasteiger partial charge in [0.25, 0.3) is 0 Å². The van der Waals surface area contributed by atoms with Crippen LogP contribution in [-0.4, -0.2) is 6.11 Å². The van der Waals surface area contributed by atoms with E-state index in [1.165, 1.54) is 38.5 Å². The molecule has 0 aliphatic heterocycles. The first-order valence-electron chi connectivity index (χ1n) is 11.3. The Kier molecular flexibility index (Phi) is 7.86. The number of hydrogen-bond donors (Lipinski definition) is 0. The van der Waals surface area contributed by atoms with Crippen LogP contribution in [0.15, 0.2) is 18.2 Å². The molecule has 0 N–H and O–H groups in total. The molecule has 1 aromatic rings. The Morgan fingerprint density at radius 2 is 1.31 bits per heavy atom. The van der Waals surface area contributed by atoms with E-state index in [2.05, 4.69) is 11.7 Å². The van der Waals surface area contributed by atoms with Gasteiger partial charge in [0.05, 0.1) is 6.42 Å². The maximum atomic E-state index is 14.1. The molecule has 3 rings (SSSR count). The van der Waals surface area contributed by atoms with Crippen LogP contribution in [0.3, 0.4) is 0 Å². The molecule has 0 atom stereocenters. The highest BCUT2D eigenvalue weighted by molar-refractivity contribution is 5.23. The van der Waals surface area contributed by atoms with Crippen molar-refractivity contribution in [2.75, 3.05) is 0 Å². The van der Waals surface area contributed by atoms with Crippen LogP contribution in [-0.2, 0) is 0 Å². The lowest BCUT2D eigenvalue weighted by Gasteiger charge is -2.31. The van der Waals surface area contributed by atoms with E-state index in [1.807, 2.05) is 0 Å². The summed E-state index contributed by atoms with van der Waals surface area (Å²) in [7, 11) is 0. The van der Waals surface area contributed by atoms with E-state index in [9.17, 15) is 17.6 Å².